The lowest BCUT2D eigenvalue weighted by molar-refractivity contribution is 0.125. The summed E-state index contributed by atoms with van der Waals surface area (Å²) < 4.78 is 37.3. The van der Waals surface area contributed by atoms with Crippen molar-refractivity contribution in [3.05, 3.63) is 64.7 Å². The van der Waals surface area contributed by atoms with Crippen LogP contribution in [0.3, 0.4) is 0 Å². The van der Waals surface area contributed by atoms with Crippen molar-refractivity contribution in [3.63, 3.8) is 0 Å². The number of halogens is 2. The van der Waals surface area contributed by atoms with E-state index in [0.717, 1.165) is 16.7 Å². The lowest BCUT2D eigenvalue weighted by atomic mass is 10.1. The molecule has 1 aliphatic rings. The molecule has 2 unspecified atom stereocenters. The van der Waals surface area contributed by atoms with Gasteiger partial charge in [0.25, 0.3) is 12.0 Å². The molecule has 3 aromatic heterocycles. The molecule has 7 nitrogen and oxygen atoms in total. The van der Waals surface area contributed by atoms with Crippen molar-refractivity contribution in [2.45, 2.75) is 32.2 Å². The molecule has 2 atom stereocenters. The quantitative estimate of drug-likeness (QED) is 0.547. The van der Waals surface area contributed by atoms with Crippen LogP contribution in [0.1, 0.15) is 23.9 Å². The smallest absolute Gasteiger partial charge is 0.256 e. The van der Waals surface area contributed by atoms with Crippen LogP contribution in [0.25, 0.3) is 11.1 Å². The van der Waals surface area contributed by atoms with E-state index in [2.05, 4.69) is 15.0 Å². The molecule has 9 heteroatoms. The number of ether oxygens (including phenoxy) is 2. The molecule has 3 aromatic rings. The van der Waals surface area contributed by atoms with Crippen molar-refractivity contribution in [1.82, 2.24) is 19.5 Å². The van der Waals surface area contributed by atoms with E-state index in [4.69, 9.17) is 9.47 Å². The van der Waals surface area contributed by atoms with Gasteiger partial charge in [-0.15, -0.1) is 0 Å². The summed E-state index contributed by atoms with van der Waals surface area (Å²) in [5, 5.41) is 0. The van der Waals surface area contributed by atoms with Crippen molar-refractivity contribution >= 4 is 0 Å². The largest absolute Gasteiger partial charge is 0.495 e. The average Bonchev–Trinajstić information content (AvgIpc) is 3.53. The van der Waals surface area contributed by atoms with Gasteiger partial charge in [-0.3, -0.25) is 9.78 Å². The summed E-state index contributed by atoms with van der Waals surface area (Å²) in [7, 11) is 1.60. The van der Waals surface area contributed by atoms with E-state index < -0.39 is 18.5 Å². The molecule has 1 saturated carbocycles. The van der Waals surface area contributed by atoms with Crippen LogP contribution in [0.4, 0.5) is 8.78 Å². The first-order chi connectivity index (χ1) is 14.9. The molecule has 0 N–H and O–H groups in total. The van der Waals surface area contributed by atoms with Gasteiger partial charge in [0, 0.05) is 36.0 Å². The molecule has 0 saturated heterocycles. The predicted molar refractivity (Wildman–Crippen MR) is 110 cm³/mol. The van der Waals surface area contributed by atoms with Crippen LogP contribution in [0, 0.1) is 12.8 Å². The van der Waals surface area contributed by atoms with Gasteiger partial charge in [-0.05, 0) is 37.1 Å². The number of pyridine rings is 2. The Morgan fingerprint density at radius 2 is 2.06 bits per heavy atom. The molecule has 0 aromatic carbocycles. The Kier molecular flexibility index (Phi) is 5.92. The second kappa shape index (κ2) is 8.79. The summed E-state index contributed by atoms with van der Waals surface area (Å²) in [5.74, 6) is 2.24. The third-order valence-electron chi connectivity index (χ3n) is 5.25. The van der Waals surface area contributed by atoms with Gasteiger partial charge in [0.1, 0.15) is 11.6 Å². The van der Waals surface area contributed by atoms with Gasteiger partial charge in [0.05, 0.1) is 32.0 Å². The first-order valence-corrected chi connectivity index (χ1v) is 9.90. The average molecular weight is 428 g/mol. The number of aromatic nitrogens is 4. The Labute approximate surface area is 177 Å². The van der Waals surface area contributed by atoms with E-state index in [1.165, 1.54) is 12.3 Å². The summed E-state index contributed by atoms with van der Waals surface area (Å²) in [4.78, 5) is 25.2. The number of nitrogens with zero attached hydrogens (tertiary/aromatic N) is 4. The van der Waals surface area contributed by atoms with Gasteiger partial charge in [-0.2, -0.15) is 4.98 Å². The summed E-state index contributed by atoms with van der Waals surface area (Å²) in [5.41, 5.74) is 1.55. The Morgan fingerprint density at radius 1 is 1.23 bits per heavy atom. The molecule has 3 heterocycles. The zero-order chi connectivity index (χ0) is 22.0. The lowest BCUT2D eigenvalue weighted by Gasteiger charge is -2.12. The second-order valence-corrected chi connectivity index (χ2v) is 7.47. The Bertz CT molecular complexity index is 1120. The summed E-state index contributed by atoms with van der Waals surface area (Å²) in [6.07, 6.45) is 2.99. The third-order valence-corrected chi connectivity index (χ3v) is 5.25. The van der Waals surface area contributed by atoms with Crippen molar-refractivity contribution in [1.29, 1.82) is 0 Å². The molecule has 1 aliphatic carbocycles. The van der Waals surface area contributed by atoms with Gasteiger partial charge in [0.15, 0.2) is 0 Å². The zero-order valence-electron chi connectivity index (χ0n) is 17.2. The van der Waals surface area contributed by atoms with Gasteiger partial charge in [-0.25, -0.2) is 13.8 Å². The van der Waals surface area contributed by atoms with Crippen LogP contribution in [-0.2, 0) is 6.54 Å². The molecule has 0 bridgehead atoms. The first kappa shape index (κ1) is 20.9. The van der Waals surface area contributed by atoms with E-state index in [1.54, 1.807) is 32.5 Å². The molecular formula is C22H22F2N4O3. The van der Waals surface area contributed by atoms with E-state index in [0.29, 0.717) is 47.0 Å². The van der Waals surface area contributed by atoms with Crippen LogP contribution in [0.15, 0.2) is 47.7 Å². The van der Waals surface area contributed by atoms with Gasteiger partial charge in [-0.1, -0.05) is 0 Å². The van der Waals surface area contributed by atoms with Crippen LogP contribution in [0.2, 0.25) is 0 Å². The third kappa shape index (κ3) is 4.87. The molecule has 162 valence electrons. The summed E-state index contributed by atoms with van der Waals surface area (Å²) in [6, 6.07) is 6.73. The number of alkyl halides is 2. The summed E-state index contributed by atoms with van der Waals surface area (Å²) in [6.45, 7) is 1.55. The SMILES string of the molecule is COc1ccc(C2CC2COc2nc(C)ncc2-c2ccn(CC(F)F)c(=O)c2)nc1. The molecule has 0 spiro atoms. The normalized spacial score (nSPS) is 17.6. The van der Waals surface area contributed by atoms with Crippen LogP contribution in [0.5, 0.6) is 11.6 Å². The van der Waals surface area contributed by atoms with Crippen molar-refractivity contribution in [2.24, 2.45) is 5.92 Å². The van der Waals surface area contributed by atoms with E-state index in [1.807, 2.05) is 12.1 Å². The predicted octanol–water partition coefficient (Wildman–Crippen LogP) is 3.46. The maximum atomic E-state index is 12.6. The highest BCUT2D eigenvalue weighted by atomic mass is 19.3. The standard InChI is InChI=1S/C22H22F2N4O3/c1-13-25-10-18(14-5-6-28(11-20(23)24)21(29)8-14)22(27-13)31-12-15-7-17(15)19-4-3-16(30-2)9-26-19/h3-6,8-10,15,17,20H,7,11-12H2,1-2H3. The number of hydrogen-bond donors (Lipinski definition) is 0. The fraction of sp³-hybridized carbons (Fsp3) is 0.364. The van der Waals surface area contributed by atoms with E-state index >= 15 is 0 Å². The molecule has 0 amide bonds. The van der Waals surface area contributed by atoms with Gasteiger partial charge in [0.2, 0.25) is 5.88 Å². The highest BCUT2D eigenvalue weighted by Gasteiger charge is 2.40. The monoisotopic (exact) mass is 428 g/mol. The van der Waals surface area contributed by atoms with Gasteiger partial charge >= 0.3 is 0 Å². The van der Waals surface area contributed by atoms with Crippen LogP contribution in [-0.4, -0.2) is 39.7 Å². The minimum absolute atomic E-state index is 0.308. The molecule has 1 fully saturated rings. The second-order valence-electron chi connectivity index (χ2n) is 7.47. The Hall–Kier alpha value is -3.36. The molecular weight excluding hydrogens is 406 g/mol. The highest BCUT2D eigenvalue weighted by molar-refractivity contribution is 5.67. The van der Waals surface area contributed by atoms with Crippen molar-refractivity contribution in [3.8, 4) is 22.8 Å². The maximum Gasteiger partial charge on any atom is 0.256 e. The maximum absolute atomic E-state index is 12.6. The van der Waals surface area contributed by atoms with Crippen molar-refractivity contribution in [2.75, 3.05) is 13.7 Å². The Morgan fingerprint density at radius 3 is 2.74 bits per heavy atom. The molecule has 0 aliphatic heterocycles. The fourth-order valence-electron chi connectivity index (χ4n) is 3.44. The van der Waals surface area contributed by atoms with E-state index in [-0.39, 0.29) is 0 Å². The topological polar surface area (TPSA) is 79.1 Å². The first-order valence-electron chi connectivity index (χ1n) is 9.90. The Balaban J connectivity index is 1.48. The van der Waals surface area contributed by atoms with E-state index in [9.17, 15) is 13.6 Å². The van der Waals surface area contributed by atoms with Crippen molar-refractivity contribution < 1.29 is 18.3 Å². The van der Waals surface area contributed by atoms with Gasteiger partial charge < -0.3 is 14.0 Å². The minimum Gasteiger partial charge on any atom is -0.495 e. The number of rotatable bonds is 8. The lowest BCUT2D eigenvalue weighted by Crippen LogP contribution is -2.22. The summed E-state index contributed by atoms with van der Waals surface area (Å²) >= 11 is 0. The highest BCUT2D eigenvalue weighted by Crippen LogP contribution is 2.47. The van der Waals surface area contributed by atoms with Crippen LogP contribution >= 0.6 is 0 Å². The number of aryl methyl sites for hydroxylation is 1. The fourth-order valence-corrected chi connectivity index (χ4v) is 3.44. The minimum atomic E-state index is -2.60. The van der Waals surface area contributed by atoms with Crippen LogP contribution < -0.4 is 15.0 Å². The molecule has 0 radical (unpaired) electrons. The zero-order valence-corrected chi connectivity index (χ0v) is 17.2. The molecule has 31 heavy (non-hydrogen) atoms. The number of hydrogen-bond acceptors (Lipinski definition) is 6. The molecule has 4 rings (SSSR count). The number of methoxy groups -OCH3 is 1.